The van der Waals surface area contributed by atoms with Crippen LogP contribution in [0.2, 0.25) is 0 Å². The molecule has 2 bridgehead atoms. The van der Waals surface area contributed by atoms with Crippen LogP contribution < -0.4 is 5.32 Å². The minimum absolute atomic E-state index is 0.0591. The first-order valence-corrected chi connectivity index (χ1v) is 7.79. The number of amides is 1. The Morgan fingerprint density at radius 1 is 1.33 bits per heavy atom. The Bertz CT molecular complexity index is 678. The first kappa shape index (κ1) is 12.9. The highest BCUT2D eigenvalue weighted by molar-refractivity contribution is 5.95. The lowest BCUT2D eigenvalue weighted by Crippen LogP contribution is -2.47. The molecule has 4 heteroatoms. The quantitative estimate of drug-likeness (QED) is 0.916. The fourth-order valence-electron chi connectivity index (χ4n) is 3.83. The zero-order chi connectivity index (χ0) is 14.4. The van der Waals surface area contributed by atoms with Crippen molar-refractivity contribution in [1.29, 1.82) is 0 Å². The number of hydrogen-bond acceptors (Lipinski definition) is 2. The van der Waals surface area contributed by atoms with Crippen molar-refractivity contribution in [2.75, 3.05) is 19.6 Å². The first-order valence-electron chi connectivity index (χ1n) is 7.79. The Morgan fingerprint density at radius 2 is 2.24 bits per heavy atom. The van der Waals surface area contributed by atoms with Gasteiger partial charge in [-0.25, -0.2) is 0 Å². The van der Waals surface area contributed by atoms with E-state index in [0.29, 0.717) is 6.04 Å². The molecule has 0 radical (unpaired) electrons. The summed E-state index contributed by atoms with van der Waals surface area (Å²) < 4.78 is 2.05. The third-order valence-corrected chi connectivity index (χ3v) is 4.80. The molecule has 3 atom stereocenters. The average molecular weight is 283 g/mol. The van der Waals surface area contributed by atoms with Gasteiger partial charge in [-0.2, -0.15) is 0 Å². The summed E-state index contributed by atoms with van der Waals surface area (Å²) in [6.45, 7) is 5.50. The van der Waals surface area contributed by atoms with Crippen molar-refractivity contribution in [3.05, 3.63) is 41.7 Å². The lowest BCUT2D eigenvalue weighted by atomic mass is 9.96. The van der Waals surface area contributed by atoms with Crippen molar-refractivity contribution < 1.29 is 4.79 Å². The third kappa shape index (κ3) is 2.44. The summed E-state index contributed by atoms with van der Waals surface area (Å²) in [4.78, 5) is 14.9. The van der Waals surface area contributed by atoms with Gasteiger partial charge >= 0.3 is 0 Å². The van der Waals surface area contributed by atoms with E-state index in [9.17, 15) is 4.79 Å². The van der Waals surface area contributed by atoms with Crippen molar-refractivity contribution in [2.24, 2.45) is 5.92 Å². The van der Waals surface area contributed by atoms with Crippen LogP contribution in [-0.4, -0.2) is 40.9 Å². The molecule has 2 aromatic rings. The third-order valence-electron chi connectivity index (χ3n) is 4.80. The summed E-state index contributed by atoms with van der Waals surface area (Å²) in [5.74, 6) is 0.837. The fourth-order valence-corrected chi connectivity index (χ4v) is 3.83. The lowest BCUT2D eigenvalue weighted by Gasteiger charge is -2.30. The van der Waals surface area contributed by atoms with Gasteiger partial charge in [0.05, 0.1) is 0 Å². The van der Waals surface area contributed by atoms with Gasteiger partial charge in [0.25, 0.3) is 5.91 Å². The summed E-state index contributed by atoms with van der Waals surface area (Å²) in [5.41, 5.74) is 3.05. The Balaban J connectivity index is 1.50. The molecule has 2 aliphatic rings. The highest BCUT2D eigenvalue weighted by Crippen LogP contribution is 2.26. The van der Waals surface area contributed by atoms with Gasteiger partial charge in [0, 0.05) is 42.6 Å². The van der Waals surface area contributed by atoms with E-state index in [-0.39, 0.29) is 5.91 Å². The molecule has 3 unspecified atom stereocenters. The molecular weight excluding hydrogens is 262 g/mol. The van der Waals surface area contributed by atoms with Crippen LogP contribution in [0.5, 0.6) is 0 Å². The molecular formula is C17H21N3O. The monoisotopic (exact) mass is 283 g/mol. The minimum Gasteiger partial charge on any atom is -0.348 e. The van der Waals surface area contributed by atoms with E-state index in [4.69, 9.17) is 0 Å². The molecule has 0 aromatic carbocycles. The number of aryl methyl sites for hydroxylation is 1. The second kappa shape index (κ2) is 4.88. The molecule has 1 N–H and O–H groups in total. The molecule has 4 heterocycles. The van der Waals surface area contributed by atoms with Gasteiger partial charge in [0.1, 0.15) is 0 Å². The summed E-state index contributed by atoms with van der Waals surface area (Å²) in [6, 6.07) is 6.28. The lowest BCUT2D eigenvalue weighted by molar-refractivity contribution is 0.0909. The zero-order valence-electron chi connectivity index (χ0n) is 12.4. The van der Waals surface area contributed by atoms with Gasteiger partial charge in [-0.3, -0.25) is 4.79 Å². The smallest absolute Gasteiger partial charge is 0.251 e. The predicted octanol–water partition coefficient (Wildman–Crippen LogP) is 2.07. The maximum Gasteiger partial charge on any atom is 0.251 e. The number of pyridine rings is 1. The number of carbonyl (C=O) groups is 1. The molecule has 4 rings (SSSR count). The van der Waals surface area contributed by atoms with Crippen LogP contribution in [0.1, 0.15) is 28.8 Å². The van der Waals surface area contributed by atoms with E-state index in [1.54, 1.807) is 0 Å². The normalized spacial score (nSPS) is 28.0. The van der Waals surface area contributed by atoms with Crippen molar-refractivity contribution in [3.8, 4) is 0 Å². The second-order valence-corrected chi connectivity index (χ2v) is 6.59. The number of hydrogen-bond donors (Lipinski definition) is 1. The van der Waals surface area contributed by atoms with Crippen LogP contribution >= 0.6 is 0 Å². The highest BCUT2D eigenvalue weighted by Gasteiger charge is 2.32. The van der Waals surface area contributed by atoms with Crippen molar-refractivity contribution >= 4 is 11.4 Å². The molecule has 21 heavy (non-hydrogen) atoms. The van der Waals surface area contributed by atoms with E-state index < -0.39 is 0 Å². The molecule has 110 valence electrons. The molecule has 2 fully saturated rings. The predicted molar refractivity (Wildman–Crippen MR) is 82.6 cm³/mol. The Kier molecular flexibility index (Phi) is 3.00. The van der Waals surface area contributed by atoms with Gasteiger partial charge in [-0.1, -0.05) is 0 Å². The van der Waals surface area contributed by atoms with Gasteiger partial charge in [0.2, 0.25) is 0 Å². The SMILES string of the molecule is Cc1cc2cc(C(=O)NC3CC4CCN(C4)C3)ccn2c1. The molecule has 2 saturated heterocycles. The van der Waals surface area contributed by atoms with Crippen molar-refractivity contribution in [3.63, 3.8) is 0 Å². The highest BCUT2D eigenvalue weighted by atomic mass is 16.1. The second-order valence-electron chi connectivity index (χ2n) is 6.59. The van der Waals surface area contributed by atoms with Gasteiger partial charge < -0.3 is 14.6 Å². The van der Waals surface area contributed by atoms with Crippen LogP contribution in [0, 0.1) is 12.8 Å². The largest absolute Gasteiger partial charge is 0.348 e. The number of carbonyl (C=O) groups excluding carboxylic acids is 1. The number of aromatic nitrogens is 1. The van der Waals surface area contributed by atoms with Crippen LogP contribution in [-0.2, 0) is 0 Å². The standard InChI is InChI=1S/C17H21N3O/c1-12-6-16-8-14(3-5-20(16)9-12)17(21)18-15-7-13-2-4-19(10-13)11-15/h3,5-6,8-9,13,15H,2,4,7,10-11H2,1H3,(H,18,21). The number of nitrogens with zero attached hydrogens (tertiary/aromatic N) is 2. The summed E-state index contributed by atoms with van der Waals surface area (Å²) >= 11 is 0. The van der Waals surface area contributed by atoms with Crippen LogP contribution in [0.15, 0.2) is 30.6 Å². The molecule has 2 aliphatic heterocycles. The van der Waals surface area contributed by atoms with Crippen LogP contribution in [0.4, 0.5) is 0 Å². The summed E-state index contributed by atoms with van der Waals surface area (Å²) in [5, 5.41) is 3.22. The topological polar surface area (TPSA) is 36.8 Å². The zero-order valence-corrected chi connectivity index (χ0v) is 12.4. The Labute approximate surface area is 124 Å². The maximum absolute atomic E-state index is 12.5. The average Bonchev–Trinajstić information content (AvgIpc) is 2.99. The number of rotatable bonds is 2. The minimum atomic E-state index is 0.0591. The number of piperidine rings is 1. The first-order chi connectivity index (χ1) is 10.2. The van der Waals surface area contributed by atoms with Crippen LogP contribution in [0.3, 0.4) is 0 Å². The van der Waals surface area contributed by atoms with Gasteiger partial charge in [0.15, 0.2) is 0 Å². The van der Waals surface area contributed by atoms with E-state index in [0.717, 1.165) is 30.0 Å². The molecule has 0 saturated carbocycles. The van der Waals surface area contributed by atoms with Gasteiger partial charge in [-0.05, 0) is 56.0 Å². The van der Waals surface area contributed by atoms with E-state index in [2.05, 4.69) is 33.8 Å². The van der Waals surface area contributed by atoms with Crippen molar-refractivity contribution in [2.45, 2.75) is 25.8 Å². The Morgan fingerprint density at radius 3 is 3.10 bits per heavy atom. The molecule has 1 amide bonds. The van der Waals surface area contributed by atoms with E-state index in [1.807, 2.05) is 18.3 Å². The summed E-state index contributed by atoms with van der Waals surface area (Å²) in [7, 11) is 0. The number of nitrogens with one attached hydrogen (secondary N) is 1. The number of fused-ring (bicyclic) bond motifs is 3. The summed E-state index contributed by atoms with van der Waals surface area (Å²) in [6.07, 6.45) is 6.46. The van der Waals surface area contributed by atoms with Crippen molar-refractivity contribution in [1.82, 2.24) is 14.6 Å². The molecule has 0 aliphatic carbocycles. The molecule has 0 spiro atoms. The van der Waals surface area contributed by atoms with Gasteiger partial charge in [-0.15, -0.1) is 0 Å². The van der Waals surface area contributed by atoms with Crippen LogP contribution in [0.25, 0.3) is 5.52 Å². The maximum atomic E-state index is 12.5. The van der Waals surface area contributed by atoms with E-state index in [1.165, 1.54) is 25.1 Å². The Hall–Kier alpha value is -1.81. The molecule has 2 aromatic heterocycles. The molecule has 4 nitrogen and oxygen atoms in total. The fraction of sp³-hybridized carbons (Fsp3) is 0.471. The van der Waals surface area contributed by atoms with E-state index >= 15 is 0 Å².